The number of hydrogen-bond acceptors (Lipinski definition) is 3. The summed E-state index contributed by atoms with van der Waals surface area (Å²) < 4.78 is 1.39. The van der Waals surface area contributed by atoms with E-state index in [1.54, 1.807) is 11.8 Å². The second-order valence-corrected chi connectivity index (χ2v) is 6.75. The lowest BCUT2D eigenvalue weighted by Crippen LogP contribution is -2.22. The predicted octanol–water partition coefficient (Wildman–Crippen LogP) is 5.32. The minimum atomic E-state index is 0.258. The third kappa shape index (κ3) is 3.00. The van der Waals surface area contributed by atoms with Crippen LogP contribution in [0.4, 0.5) is 0 Å². The van der Waals surface area contributed by atoms with E-state index in [-0.39, 0.29) is 6.04 Å². The molecular formula is C18H19NS2. The molecule has 3 heteroatoms. The van der Waals surface area contributed by atoms with Crippen molar-refractivity contribution in [1.82, 2.24) is 5.32 Å². The first-order chi connectivity index (χ1) is 10.3. The SMILES string of the molecule is CCNC(c1ccc(SC)cc1)c1cccc2ccsc12. The van der Waals surface area contributed by atoms with Gasteiger partial charge in [0.2, 0.25) is 0 Å². The van der Waals surface area contributed by atoms with Crippen LogP contribution in [0, 0.1) is 0 Å². The van der Waals surface area contributed by atoms with Crippen LogP contribution < -0.4 is 5.32 Å². The van der Waals surface area contributed by atoms with Gasteiger partial charge in [0.05, 0.1) is 6.04 Å². The van der Waals surface area contributed by atoms with Gasteiger partial charge in [-0.15, -0.1) is 23.1 Å². The van der Waals surface area contributed by atoms with Crippen molar-refractivity contribution < 1.29 is 0 Å². The van der Waals surface area contributed by atoms with Crippen molar-refractivity contribution in [3.05, 3.63) is 65.0 Å². The van der Waals surface area contributed by atoms with Crippen LogP contribution in [0.3, 0.4) is 0 Å². The van der Waals surface area contributed by atoms with E-state index in [4.69, 9.17) is 0 Å². The molecule has 3 aromatic rings. The molecule has 3 rings (SSSR count). The van der Waals surface area contributed by atoms with Crippen molar-refractivity contribution in [3.8, 4) is 0 Å². The zero-order valence-electron chi connectivity index (χ0n) is 12.3. The van der Waals surface area contributed by atoms with Gasteiger partial charge in [0.1, 0.15) is 0 Å². The number of fused-ring (bicyclic) bond motifs is 1. The molecule has 0 amide bonds. The van der Waals surface area contributed by atoms with Gasteiger partial charge >= 0.3 is 0 Å². The molecule has 0 saturated heterocycles. The molecule has 0 saturated carbocycles. The van der Waals surface area contributed by atoms with Crippen LogP contribution in [0.25, 0.3) is 10.1 Å². The lowest BCUT2D eigenvalue weighted by atomic mass is 9.97. The topological polar surface area (TPSA) is 12.0 Å². The fourth-order valence-electron chi connectivity index (χ4n) is 2.65. The van der Waals surface area contributed by atoms with Gasteiger partial charge in [-0.1, -0.05) is 37.3 Å². The molecule has 0 fully saturated rings. The molecule has 1 atom stereocenters. The predicted molar refractivity (Wildman–Crippen MR) is 95.6 cm³/mol. The maximum absolute atomic E-state index is 3.63. The van der Waals surface area contributed by atoms with E-state index in [0.29, 0.717) is 0 Å². The molecule has 1 aromatic heterocycles. The number of nitrogens with one attached hydrogen (secondary N) is 1. The maximum Gasteiger partial charge on any atom is 0.0590 e. The molecule has 0 spiro atoms. The van der Waals surface area contributed by atoms with Crippen LogP contribution in [0.2, 0.25) is 0 Å². The van der Waals surface area contributed by atoms with Crippen LogP contribution in [0.5, 0.6) is 0 Å². The van der Waals surface area contributed by atoms with E-state index in [2.05, 4.69) is 72.4 Å². The summed E-state index contributed by atoms with van der Waals surface area (Å²) in [7, 11) is 0. The largest absolute Gasteiger partial charge is 0.306 e. The summed E-state index contributed by atoms with van der Waals surface area (Å²) in [5, 5.41) is 7.14. The van der Waals surface area contributed by atoms with Crippen molar-refractivity contribution in [2.75, 3.05) is 12.8 Å². The first-order valence-corrected chi connectivity index (χ1v) is 9.27. The van der Waals surface area contributed by atoms with Crippen molar-refractivity contribution in [2.24, 2.45) is 0 Å². The summed E-state index contributed by atoms with van der Waals surface area (Å²) in [6.45, 7) is 3.12. The van der Waals surface area contributed by atoms with Gasteiger partial charge in [-0.25, -0.2) is 0 Å². The van der Waals surface area contributed by atoms with Crippen LogP contribution in [0.15, 0.2) is 58.8 Å². The van der Waals surface area contributed by atoms with Crippen molar-refractivity contribution in [2.45, 2.75) is 17.9 Å². The number of rotatable bonds is 5. The fraction of sp³-hybridized carbons (Fsp3) is 0.222. The number of thioether (sulfide) groups is 1. The zero-order valence-corrected chi connectivity index (χ0v) is 13.9. The summed E-state index contributed by atoms with van der Waals surface area (Å²) in [5.41, 5.74) is 2.71. The summed E-state index contributed by atoms with van der Waals surface area (Å²) in [6, 6.07) is 17.9. The lowest BCUT2D eigenvalue weighted by molar-refractivity contribution is 0.634. The van der Waals surface area contributed by atoms with E-state index in [1.165, 1.54) is 26.1 Å². The molecule has 0 aliphatic heterocycles. The average molecular weight is 313 g/mol. The maximum atomic E-state index is 3.63. The van der Waals surface area contributed by atoms with E-state index >= 15 is 0 Å². The number of benzene rings is 2. The van der Waals surface area contributed by atoms with E-state index in [0.717, 1.165) is 6.54 Å². The highest BCUT2D eigenvalue weighted by molar-refractivity contribution is 7.98. The molecule has 21 heavy (non-hydrogen) atoms. The van der Waals surface area contributed by atoms with Gasteiger partial charge in [-0.3, -0.25) is 0 Å². The summed E-state index contributed by atoms with van der Waals surface area (Å²) in [6.07, 6.45) is 2.11. The Morgan fingerprint density at radius 2 is 1.90 bits per heavy atom. The Bertz CT molecular complexity index is 715. The first kappa shape index (κ1) is 14.6. The van der Waals surface area contributed by atoms with Crippen LogP contribution in [-0.4, -0.2) is 12.8 Å². The van der Waals surface area contributed by atoms with E-state index in [1.807, 2.05) is 11.3 Å². The summed E-state index contributed by atoms with van der Waals surface area (Å²) in [5.74, 6) is 0. The smallest absolute Gasteiger partial charge is 0.0590 e. The summed E-state index contributed by atoms with van der Waals surface area (Å²) in [4.78, 5) is 1.31. The third-order valence-electron chi connectivity index (χ3n) is 3.68. The van der Waals surface area contributed by atoms with Crippen LogP contribution in [-0.2, 0) is 0 Å². The monoisotopic (exact) mass is 313 g/mol. The third-order valence-corrected chi connectivity index (χ3v) is 5.40. The Morgan fingerprint density at radius 3 is 2.62 bits per heavy atom. The Kier molecular flexibility index (Phi) is 4.63. The molecule has 0 radical (unpaired) electrons. The lowest BCUT2D eigenvalue weighted by Gasteiger charge is -2.20. The highest BCUT2D eigenvalue weighted by Gasteiger charge is 2.16. The van der Waals surface area contributed by atoms with Crippen molar-refractivity contribution >= 4 is 33.2 Å². The molecule has 0 aliphatic rings. The Balaban J connectivity index is 2.06. The van der Waals surface area contributed by atoms with E-state index in [9.17, 15) is 0 Å². The highest BCUT2D eigenvalue weighted by atomic mass is 32.2. The average Bonchev–Trinajstić information content (AvgIpc) is 3.01. The molecule has 0 aliphatic carbocycles. The van der Waals surface area contributed by atoms with Gasteiger partial charge in [0, 0.05) is 9.60 Å². The second-order valence-electron chi connectivity index (χ2n) is 4.95. The van der Waals surface area contributed by atoms with Gasteiger partial charge < -0.3 is 5.32 Å². The van der Waals surface area contributed by atoms with Crippen LogP contribution >= 0.6 is 23.1 Å². The number of thiophene rings is 1. The summed E-state index contributed by atoms with van der Waals surface area (Å²) >= 11 is 3.61. The van der Waals surface area contributed by atoms with Gasteiger partial charge in [0.15, 0.2) is 0 Å². The quantitative estimate of drug-likeness (QED) is 0.640. The van der Waals surface area contributed by atoms with Crippen LogP contribution in [0.1, 0.15) is 24.1 Å². The molecule has 1 unspecified atom stereocenters. The van der Waals surface area contributed by atoms with E-state index < -0.39 is 0 Å². The Labute approximate surface area is 134 Å². The minimum absolute atomic E-state index is 0.258. The minimum Gasteiger partial charge on any atom is -0.306 e. The molecule has 1 heterocycles. The Morgan fingerprint density at radius 1 is 1.10 bits per heavy atom. The van der Waals surface area contributed by atoms with Crippen molar-refractivity contribution in [1.29, 1.82) is 0 Å². The van der Waals surface area contributed by atoms with Crippen molar-refractivity contribution in [3.63, 3.8) is 0 Å². The first-order valence-electron chi connectivity index (χ1n) is 7.17. The van der Waals surface area contributed by atoms with Gasteiger partial charge in [-0.05, 0) is 52.9 Å². The molecular weight excluding hydrogens is 294 g/mol. The molecule has 108 valence electrons. The molecule has 1 nitrogen and oxygen atoms in total. The highest BCUT2D eigenvalue weighted by Crippen LogP contribution is 2.32. The zero-order chi connectivity index (χ0) is 14.7. The second kappa shape index (κ2) is 6.65. The Hall–Kier alpha value is -1.29. The fourth-order valence-corrected chi connectivity index (χ4v) is 4.00. The standard InChI is InChI=1S/C18H19NS2/c1-3-19-17(13-7-9-15(20-2)10-8-13)16-6-4-5-14-11-12-21-18(14)16/h4-12,17,19H,3H2,1-2H3. The van der Waals surface area contributed by atoms with Gasteiger partial charge in [0.25, 0.3) is 0 Å². The molecule has 0 bridgehead atoms. The molecule has 2 aromatic carbocycles. The molecule has 1 N–H and O–H groups in total. The van der Waals surface area contributed by atoms with Gasteiger partial charge in [-0.2, -0.15) is 0 Å². The normalized spacial score (nSPS) is 12.7. The number of hydrogen-bond donors (Lipinski definition) is 1.